The predicted octanol–water partition coefficient (Wildman–Crippen LogP) is 0.708. The largest absolute Gasteiger partial charge is 0.486 e. The third-order valence-electron chi connectivity index (χ3n) is 4.27. The average molecular weight is 373 g/mol. The SMILES string of the molecule is Cc1nnc(CNC(=O)CN2CCN(c3ccc4c(c3)OCCO4)C2=O)o1. The van der Waals surface area contributed by atoms with Gasteiger partial charge in [-0.3, -0.25) is 9.69 Å². The number of amides is 3. The summed E-state index contributed by atoms with van der Waals surface area (Å²) < 4.78 is 16.3. The number of benzene rings is 1. The molecule has 1 aromatic carbocycles. The second-order valence-electron chi connectivity index (χ2n) is 6.18. The number of ether oxygens (including phenoxy) is 2. The maximum Gasteiger partial charge on any atom is 0.325 e. The molecule has 2 aromatic rings. The smallest absolute Gasteiger partial charge is 0.325 e. The molecule has 1 N–H and O–H groups in total. The van der Waals surface area contributed by atoms with E-state index in [1.807, 2.05) is 6.07 Å². The lowest BCUT2D eigenvalue weighted by atomic mass is 10.2. The normalized spacial score (nSPS) is 16.0. The lowest BCUT2D eigenvalue weighted by molar-refractivity contribution is -0.121. The number of anilines is 1. The van der Waals surface area contributed by atoms with Crippen LogP contribution in [0.15, 0.2) is 22.6 Å². The number of hydrogen-bond donors (Lipinski definition) is 1. The zero-order valence-electron chi connectivity index (χ0n) is 14.8. The van der Waals surface area contributed by atoms with Crippen LogP contribution >= 0.6 is 0 Å². The first-order valence-corrected chi connectivity index (χ1v) is 8.62. The van der Waals surface area contributed by atoms with Gasteiger partial charge in [-0.1, -0.05) is 0 Å². The van der Waals surface area contributed by atoms with Gasteiger partial charge >= 0.3 is 6.03 Å². The molecular formula is C17H19N5O5. The highest BCUT2D eigenvalue weighted by Crippen LogP contribution is 2.34. The summed E-state index contributed by atoms with van der Waals surface area (Å²) in [6.45, 7) is 3.72. The number of fused-ring (bicyclic) bond motifs is 1. The summed E-state index contributed by atoms with van der Waals surface area (Å²) in [4.78, 5) is 27.9. The van der Waals surface area contributed by atoms with Gasteiger partial charge in [0.2, 0.25) is 17.7 Å². The van der Waals surface area contributed by atoms with Gasteiger partial charge in [-0.25, -0.2) is 4.79 Å². The minimum absolute atomic E-state index is 0.0347. The molecule has 0 aliphatic carbocycles. The average Bonchev–Trinajstić information content (AvgIpc) is 3.25. The van der Waals surface area contributed by atoms with Gasteiger partial charge in [0.1, 0.15) is 19.8 Å². The van der Waals surface area contributed by atoms with E-state index >= 15 is 0 Å². The topological polar surface area (TPSA) is 110 Å². The van der Waals surface area contributed by atoms with Crippen molar-refractivity contribution in [1.29, 1.82) is 0 Å². The Morgan fingerprint density at radius 1 is 1.19 bits per heavy atom. The lowest BCUT2D eigenvalue weighted by Crippen LogP contribution is -2.39. The highest BCUT2D eigenvalue weighted by molar-refractivity contribution is 5.96. The summed E-state index contributed by atoms with van der Waals surface area (Å²) in [5, 5.41) is 10.2. The van der Waals surface area contributed by atoms with E-state index in [1.54, 1.807) is 24.0 Å². The molecule has 2 aliphatic rings. The second kappa shape index (κ2) is 7.14. The van der Waals surface area contributed by atoms with Crippen molar-refractivity contribution in [2.75, 3.05) is 37.7 Å². The molecule has 0 spiro atoms. The summed E-state index contributed by atoms with van der Waals surface area (Å²) in [7, 11) is 0. The van der Waals surface area contributed by atoms with Crippen LogP contribution in [0.5, 0.6) is 11.5 Å². The van der Waals surface area contributed by atoms with Crippen LogP contribution in [0.1, 0.15) is 11.8 Å². The number of aromatic nitrogens is 2. The van der Waals surface area contributed by atoms with Gasteiger partial charge in [0.15, 0.2) is 11.5 Å². The van der Waals surface area contributed by atoms with Gasteiger partial charge in [0.05, 0.1) is 6.54 Å². The molecule has 1 saturated heterocycles. The molecule has 142 valence electrons. The number of carbonyl (C=O) groups excluding carboxylic acids is 2. The fraction of sp³-hybridized carbons (Fsp3) is 0.412. The number of rotatable bonds is 5. The maximum atomic E-state index is 12.6. The van der Waals surface area contributed by atoms with E-state index in [0.717, 1.165) is 0 Å². The van der Waals surface area contributed by atoms with E-state index in [4.69, 9.17) is 13.9 Å². The summed E-state index contributed by atoms with van der Waals surface area (Å²) in [5.41, 5.74) is 0.716. The lowest BCUT2D eigenvalue weighted by Gasteiger charge is -2.22. The van der Waals surface area contributed by atoms with E-state index in [-0.39, 0.29) is 25.0 Å². The first-order chi connectivity index (χ1) is 13.1. The van der Waals surface area contributed by atoms with Crippen LogP contribution in [0, 0.1) is 6.92 Å². The van der Waals surface area contributed by atoms with Crippen LogP contribution < -0.4 is 19.7 Å². The van der Waals surface area contributed by atoms with Crippen molar-refractivity contribution in [2.45, 2.75) is 13.5 Å². The van der Waals surface area contributed by atoms with Crippen molar-refractivity contribution in [2.24, 2.45) is 0 Å². The molecule has 4 rings (SSSR count). The van der Waals surface area contributed by atoms with Gasteiger partial charge in [0, 0.05) is 31.8 Å². The summed E-state index contributed by atoms with van der Waals surface area (Å²) in [6.07, 6.45) is 0. The van der Waals surface area contributed by atoms with Crippen LogP contribution in [-0.4, -0.2) is 59.9 Å². The number of aryl methyl sites for hydroxylation is 1. The van der Waals surface area contributed by atoms with Crippen molar-refractivity contribution in [3.63, 3.8) is 0 Å². The van der Waals surface area contributed by atoms with Crippen molar-refractivity contribution >= 4 is 17.6 Å². The molecular weight excluding hydrogens is 354 g/mol. The molecule has 3 heterocycles. The summed E-state index contributed by atoms with van der Waals surface area (Å²) >= 11 is 0. The Morgan fingerprint density at radius 2 is 2.00 bits per heavy atom. The highest BCUT2D eigenvalue weighted by atomic mass is 16.6. The van der Waals surface area contributed by atoms with E-state index in [9.17, 15) is 9.59 Å². The Kier molecular flexibility index (Phi) is 4.53. The zero-order valence-corrected chi connectivity index (χ0v) is 14.8. The zero-order chi connectivity index (χ0) is 18.8. The van der Waals surface area contributed by atoms with Crippen LogP contribution in [0.4, 0.5) is 10.5 Å². The summed E-state index contributed by atoms with van der Waals surface area (Å²) in [6, 6.07) is 5.16. The molecule has 0 saturated carbocycles. The standard InChI is InChI=1S/C17H19N5O5/c1-11-19-20-16(27-11)9-18-15(23)10-21-4-5-22(17(21)24)12-2-3-13-14(8-12)26-7-6-25-13/h2-3,8H,4-7,9-10H2,1H3,(H,18,23). The molecule has 0 unspecified atom stereocenters. The third-order valence-corrected chi connectivity index (χ3v) is 4.27. The fourth-order valence-corrected chi connectivity index (χ4v) is 2.98. The maximum absolute atomic E-state index is 12.6. The van der Waals surface area contributed by atoms with Crippen LogP contribution in [0.2, 0.25) is 0 Å². The van der Waals surface area contributed by atoms with Crippen LogP contribution in [0.3, 0.4) is 0 Å². The van der Waals surface area contributed by atoms with Crippen molar-refractivity contribution in [3.05, 3.63) is 30.0 Å². The number of nitrogens with zero attached hydrogens (tertiary/aromatic N) is 4. The minimum atomic E-state index is -0.289. The highest BCUT2D eigenvalue weighted by Gasteiger charge is 2.31. The quantitative estimate of drug-likeness (QED) is 0.822. The molecule has 10 nitrogen and oxygen atoms in total. The van der Waals surface area contributed by atoms with Crippen molar-refractivity contribution < 1.29 is 23.5 Å². The third kappa shape index (κ3) is 3.64. The first-order valence-electron chi connectivity index (χ1n) is 8.62. The first kappa shape index (κ1) is 17.1. The Bertz CT molecular complexity index is 867. The number of urea groups is 1. The van der Waals surface area contributed by atoms with Gasteiger partial charge in [0.25, 0.3) is 0 Å². The van der Waals surface area contributed by atoms with E-state index in [1.165, 1.54) is 4.90 Å². The Hall–Kier alpha value is -3.30. The second-order valence-corrected chi connectivity index (χ2v) is 6.18. The molecule has 0 radical (unpaired) electrons. The van der Waals surface area contributed by atoms with Crippen LogP contribution in [0.25, 0.3) is 0 Å². The number of nitrogens with one attached hydrogen (secondary N) is 1. The Labute approximate surface area is 155 Å². The Morgan fingerprint density at radius 3 is 2.78 bits per heavy atom. The van der Waals surface area contributed by atoms with Crippen molar-refractivity contribution in [1.82, 2.24) is 20.4 Å². The number of hydrogen-bond acceptors (Lipinski definition) is 7. The molecule has 2 aliphatic heterocycles. The number of carbonyl (C=O) groups is 2. The van der Waals surface area contributed by atoms with E-state index in [0.29, 0.717) is 55.3 Å². The van der Waals surface area contributed by atoms with E-state index < -0.39 is 0 Å². The summed E-state index contributed by atoms with van der Waals surface area (Å²) in [5.74, 6) is 1.76. The van der Waals surface area contributed by atoms with Crippen LogP contribution in [-0.2, 0) is 11.3 Å². The van der Waals surface area contributed by atoms with Gasteiger partial charge in [-0.05, 0) is 12.1 Å². The molecule has 27 heavy (non-hydrogen) atoms. The molecule has 1 aromatic heterocycles. The minimum Gasteiger partial charge on any atom is -0.486 e. The Balaban J connectivity index is 1.35. The molecule has 1 fully saturated rings. The van der Waals surface area contributed by atoms with E-state index in [2.05, 4.69) is 15.5 Å². The monoisotopic (exact) mass is 373 g/mol. The van der Waals surface area contributed by atoms with Gasteiger partial charge in [-0.2, -0.15) is 0 Å². The molecule has 0 bridgehead atoms. The fourth-order valence-electron chi connectivity index (χ4n) is 2.98. The molecule has 0 atom stereocenters. The predicted molar refractivity (Wildman–Crippen MR) is 92.6 cm³/mol. The van der Waals surface area contributed by atoms with Gasteiger partial charge in [-0.15, -0.1) is 10.2 Å². The molecule has 10 heteroatoms. The van der Waals surface area contributed by atoms with Gasteiger partial charge < -0.3 is 24.1 Å². The molecule has 3 amide bonds. The van der Waals surface area contributed by atoms with Crippen molar-refractivity contribution in [3.8, 4) is 11.5 Å².